The molecule has 1 aromatic carbocycles. The van der Waals surface area contributed by atoms with Crippen molar-refractivity contribution in [1.82, 2.24) is 4.98 Å². The first-order valence-electron chi connectivity index (χ1n) is 5.35. The fourth-order valence-electron chi connectivity index (χ4n) is 1.89. The summed E-state index contributed by atoms with van der Waals surface area (Å²) in [6, 6.07) is 8.26. The maximum absolute atomic E-state index is 11.3. The van der Waals surface area contributed by atoms with Crippen LogP contribution in [0, 0.1) is 20.8 Å². The summed E-state index contributed by atoms with van der Waals surface area (Å²) in [6.07, 6.45) is 1.77. The van der Waals surface area contributed by atoms with Crippen molar-refractivity contribution in [3.05, 3.63) is 57.5 Å². The molecule has 2 rings (SSSR count). The van der Waals surface area contributed by atoms with Crippen LogP contribution in [0.4, 0.5) is 0 Å². The summed E-state index contributed by atoms with van der Waals surface area (Å²) in [5, 5.41) is 0. The Morgan fingerprint density at radius 2 is 1.75 bits per heavy atom. The van der Waals surface area contributed by atoms with Crippen molar-refractivity contribution in [1.29, 1.82) is 0 Å². The zero-order valence-corrected chi connectivity index (χ0v) is 9.79. The Hall–Kier alpha value is -1.83. The molecule has 0 aliphatic rings. The topological polar surface area (TPSA) is 32.9 Å². The molecule has 0 radical (unpaired) electrons. The Morgan fingerprint density at radius 1 is 1.00 bits per heavy atom. The number of aryl methyl sites for hydroxylation is 3. The minimum atomic E-state index is -0.0199. The van der Waals surface area contributed by atoms with Crippen LogP contribution in [-0.2, 0) is 0 Å². The molecule has 2 aromatic rings. The molecule has 0 aliphatic carbocycles. The summed E-state index contributed by atoms with van der Waals surface area (Å²) >= 11 is 0. The largest absolute Gasteiger partial charge is 0.328 e. The first kappa shape index (κ1) is 10.7. The predicted molar refractivity (Wildman–Crippen MR) is 66.7 cm³/mol. The molecule has 1 N–H and O–H groups in total. The molecular weight excluding hydrogens is 198 g/mol. The van der Waals surface area contributed by atoms with E-state index in [2.05, 4.69) is 37.0 Å². The van der Waals surface area contributed by atoms with Crippen LogP contribution in [0.2, 0.25) is 0 Å². The van der Waals surface area contributed by atoms with Gasteiger partial charge in [0, 0.05) is 11.8 Å². The normalized spacial score (nSPS) is 10.4. The van der Waals surface area contributed by atoms with Crippen molar-refractivity contribution >= 4 is 0 Å². The monoisotopic (exact) mass is 213 g/mol. The van der Waals surface area contributed by atoms with Crippen molar-refractivity contribution in [3.63, 3.8) is 0 Å². The summed E-state index contributed by atoms with van der Waals surface area (Å²) in [5.74, 6) is 0. The number of pyridine rings is 1. The first-order valence-corrected chi connectivity index (χ1v) is 5.35. The van der Waals surface area contributed by atoms with E-state index in [4.69, 9.17) is 0 Å². The van der Waals surface area contributed by atoms with E-state index < -0.39 is 0 Å². The molecule has 0 aliphatic heterocycles. The van der Waals surface area contributed by atoms with E-state index in [1.54, 1.807) is 6.20 Å². The van der Waals surface area contributed by atoms with Gasteiger partial charge in [0.15, 0.2) is 0 Å². The van der Waals surface area contributed by atoms with Crippen molar-refractivity contribution < 1.29 is 0 Å². The average Bonchev–Trinajstić information content (AvgIpc) is 2.22. The summed E-state index contributed by atoms with van der Waals surface area (Å²) in [7, 11) is 0. The second kappa shape index (κ2) is 3.97. The standard InChI is InChI=1S/C14H15NO/c1-9-4-5-13(10(2)6-9)12-7-11(3)14(16)15-8-12/h4-8H,1-3H3,(H,15,16). The van der Waals surface area contributed by atoms with Crippen LogP contribution < -0.4 is 5.56 Å². The third-order valence-electron chi connectivity index (χ3n) is 2.78. The minimum Gasteiger partial charge on any atom is -0.328 e. The van der Waals surface area contributed by atoms with Gasteiger partial charge in [-0.3, -0.25) is 4.79 Å². The lowest BCUT2D eigenvalue weighted by molar-refractivity contribution is 1.18. The fraction of sp³-hybridized carbons (Fsp3) is 0.214. The Balaban J connectivity index is 2.59. The Morgan fingerprint density at radius 3 is 2.38 bits per heavy atom. The zero-order chi connectivity index (χ0) is 11.7. The molecule has 0 atom stereocenters. The third-order valence-corrected chi connectivity index (χ3v) is 2.78. The molecular formula is C14H15NO. The number of aromatic nitrogens is 1. The van der Waals surface area contributed by atoms with Crippen LogP contribution >= 0.6 is 0 Å². The molecule has 1 aromatic heterocycles. The highest BCUT2D eigenvalue weighted by Gasteiger charge is 2.03. The average molecular weight is 213 g/mol. The van der Waals surface area contributed by atoms with Crippen LogP contribution in [0.1, 0.15) is 16.7 Å². The van der Waals surface area contributed by atoms with E-state index in [0.29, 0.717) is 0 Å². The van der Waals surface area contributed by atoms with Gasteiger partial charge in [-0.1, -0.05) is 23.8 Å². The summed E-state index contributed by atoms with van der Waals surface area (Å²) < 4.78 is 0. The lowest BCUT2D eigenvalue weighted by Gasteiger charge is -2.07. The van der Waals surface area contributed by atoms with Gasteiger partial charge in [-0.05, 0) is 43.5 Å². The highest BCUT2D eigenvalue weighted by atomic mass is 16.1. The summed E-state index contributed by atoms with van der Waals surface area (Å²) in [6.45, 7) is 5.99. The summed E-state index contributed by atoms with van der Waals surface area (Å²) in [5.41, 5.74) is 5.44. The lowest BCUT2D eigenvalue weighted by Crippen LogP contribution is -2.08. The molecule has 0 saturated heterocycles. The Labute approximate surface area is 95.0 Å². The number of hydrogen-bond donors (Lipinski definition) is 1. The minimum absolute atomic E-state index is 0.0199. The molecule has 0 bridgehead atoms. The van der Waals surface area contributed by atoms with Gasteiger partial charge in [-0.2, -0.15) is 0 Å². The van der Waals surface area contributed by atoms with Gasteiger partial charge >= 0.3 is 0 Å². The highest BCUT2D eigenvalue weighted by molar-refractivity contribution is 5.67. The molecule has 2 heteroatoms. The summed E-state index contributed by atoms with van der Waals surface area (Å²) in [4.78, 5) is 14.0. The SMILES string of the molecule is Cc1ccc(-c2c[nH]c(=O)c(C)c2)c(C)c1. The molecule has 0 saturated carbocycles. The van der Waals surface area contributed by atoms with Crippen molar-refractivity contribution in [2.45, 2.75) is 20.8 Å². The van der Waals surface area contributed by atoms with Crippen molar-refractivity contribution in [2.75, 3.05) is 0 Å². The smallest absolute Gasteiger partial charge is 0.250 e. The van der Waals surface area contributed by atoms with Gasteiger partial charge in [0.2, 0.25) is 0 Å². The fourth-order valence-corrected chi connectivity index (χ4v) is 1.89. The molecule has 2 nitrogen and oxygen atoms in total. The first-order chi connectivity index (χ1) is 7.58. The maximum Gasteiger partial charge on any atom is 0.250 e. The van der Waals surface area contributed by atoms with Crippen LogP contribution in [0.15, 0.2) is 35.3 Å². The van der Waals surface area contributed by atoms with E-state index in [0.717, 1.165) is 11.1 Å². The van der Waals surface area contributed by atoms with Crippen molar-refractivity contribution in [3.8, 4) is 11.1 Å². The second-order valence-electron chi connectivity index (χ2n) is 4.22. The van der Waals surface area contributed by atoms with Crippen LogP contribution in [0.25, 0.3) is 11.1 Å². The number of aromatic amines is 1. The van der Waals surface area contributed by atoms with Gasteiger partial charge in [0.25, 0.3) is 5.56 Å². The van der Waals surface area contributed by atoms with Crippen LogP contribution in [0.5, 0.6) is 0 Å². The molecule has 82 valence electrons. The molecule has 0 amide bonds. The van der Waals surface area contributed by atoms with E-state index in [1.807, 2.05) is 13.0 Å². The number of benzene rings is 1. The van der Waals surface area contributed by atoms with E-state index >= 15 is 0 Å². The highest BCUT2D eigenvalue weighted by Crippen LogP contribution is 2.23. The third kappa shape index (κ3) is 1.91. The molecule has 0 spiro atoms. The van der Waals surface area contributed by atoms with Crippen LogP contribution in [0.3, 0.4) is 0 Å². The van der Waals surface area contributed by atoms with Gasteiger partial charge in [-0.15, -0.1) is 0 Å². The number of nitrogens with one attached hydrogen (secondary N) is 1. The zero-order valence-electron chi connectivity index (χ0n) is 9.79. The Kier molecular flexibility index (Phi) is 2.65. The lowest BCUT2D eigenvalue weighted by atomic mass is 9.99. The van der Waals surface area contributed by atoms with Gasteiger partial charge in [-0.25, -0.2) is 0 Å². The van der Waals surface area contributed by atoms with Gasteiger partial charge in [0.1, 0.15) is 0 Å². The number of H-pyrrole nitrogens is 1. The number of rotatable bonds is 1. The second-order valence-corrected chi connectivity index (χ2v) is 4.22. The molecule has 16 heavy (non-hydrogen) atoms. The Bertz CT molecular complexity index is 582. The molecule has 0 unspecified atom stereocenters. The van der Waals surface area contributed by atoms with Gasteiger partial charge < -0.3 is 4.98 Å². The maximum atomic E-state index is 11.3. The molecule has 0 fully saturated rings. The van der Waals surface area contributed by atoms with E-state index in [1.165, 1.54) is 16.7 Å². The molecule has 1 heterocycles. The quantitative estimate of drug-likeness (QED) is 0.776. The van der Waals surface area contributed by atoms with E-state index in [-0.39, 0.29) is 5.56 Å². The van der Waals surface area contributed by atoms with Gasteiger partial charge in [0.05, 0.1) is 0 Å². The van der Waals surface area contributed by atoms with Crippen LogP contribution in [-0.4, -0.2) is 4.98 Å². The van der Waals surface area contributed by atoms with E-state index in [9.17, 15) is 4.79 Å². The number of hydrogen-bond acceptors (Lipinski definition) is 1. The predicted octanol–water partition coefficient (Wildman–Crippen LogP) is 2.97. The van der Waals surface area contributed by atoms with Crippen molar-refractivity contribution in [2.24, 2.45) is 0 Å².